The summed E-state index contributed by atoms with van der Waals surface area (Å²) in [6.45, 7) is 10.8. The van der Waals surface area contributed by atoms with Crippen LogP contribution in [0.3, 0.4) is 0 Å². The van der Waals surface area contributed by atoms with Gasteiger partial charge in [0.2, 0.25) is 0 Å². The Labute approximate surface area is 181 Å². The molecule has 3 heteroatoms. The first-order valence-corrected chi connectivity index (χ1v) is 12.2. The van der Waals surface area contributed by atoms with Crippen LogP contribution in [0.25, 0.3) is 0 Å². The quantitative estimate of drug-likeness (QED) is 0.168. The van der Waals surface area contributed by atoms with Crippen molar-refractivity contribution < 1.29 is 9.90 Å². The normalized spacial score (nSPS) is 14.2. The molecule has 29 heavy (non-hydrogen) atoms. The highest BCUT2D eigenvalue weighted by Crippen LogP contribution is 2.17. The summed E-state index contributed by atoms with van der Waals surface area (Å²) in [6.07, 6.45) is 23.7. The molecule has 0 heterocycles. The highest BCUT2D eigenvalue weighted by Gasteiger charge is 2.13. The fourth-order valence-corrected chi connectivity index (χ4v) is 3.75. The lowest BCUT2D eigenvalue weighted by Gasteiger charge is -2.24. The van der Waals surface area contributed by atoms with Crippen LogP contribution in [0.15, 0.2) is 24.3 Å². The number of carboxylic acids is 1. The van der Waals surface area contributed by atoms with E-state index < -0.39 is 5.97 Å². The Morgan fingerprint density at radius 2 is 1.21 bits per heavy atom. The van der Waals surface area contributed by atoms with Crippen LogP contribution in [0.2, 0.25) is 0 Å². The molecule has 1 N–H and O–H groups in total. The van der Waals surface area contributed by atoms with Gasteiger partial charge in [-0.1, -0.05) is 76.7 Å². The van der Waals surface area contributed by atoms with E-state index >= 15 is 0 Å². The number of carbonyl (C=O) groups is 1. The van der Waals surface area contributed by atoms with Gasteiger partial charge in [-0.3, -0.25) is 9.69 Å². The molecular formula is C26H49NO2. The molecule has 0 saturated carbocycles. The minimum atomic E-state index is -0.696. The summed E-state index contributed by atoms with van der Waals surface area (Å²) in [4.78, 5) is 13.4. The van der Waals surface area contributed by atoms with E-state index in [9.17, 15) is 9.90 Å². The summed E-state index contributed by atoms with van der Waals surface area (Å²) in [5, 5.41) is 9.25. The second-order valence-corrected chi connectivity index (χ2v) is 8.87. The van der Waals surface area contributed by atoms with Gasteiger partial charge in [-0.2, -0.15) is 0 Å². The van der Waals surface area contributed by atoms with Crippen molar-refractivity contribution in [1.82, 2.24) is 4.90 Å². The van der Waals surface area contributed by atoms with Crippen LogP contribution in [0, 0.1) is 11.8 Å². The third-order valence-corrected chi connectivity index (χ3v) is 5.84. The Hall–Kier alpha value is -1.09. The molecule has 2 unspecified atom stereocenters. The molecule has 0 radical (unpaired) electrons. The van der Waals surface area contributed by atoms with Crippen molar-refractivity contribution in [1.29, 1.82) is 0 Å². The molecule has 0 rings (SSSR count). The van der Waals surface area contributed by atoms with E-state index in [2.05, 4.69) is 56.9 Å². The maximum absolute atomic E-state index is 11.2. The van der Waals surface area contributed by atoms with Crippen LogP contribution in [-0.4, -0.2) is 35.6 Å². The topological polar surface area (TPSA) is 40.5 Å². The Morgan fingerprint density at radius 3 is 1.59 bits per heavy atom. The van der Waals surface area contributed by atoms with E-state index in [1.807, 2.05) is 0 Å². The first kappa shape index (κ1) is 27.9. The van der Waals surface area contributed by atoms with Gasteiger partial charge in [-0.15, -0.1) is 0 Å². The fourth-order valence-electron chi connectivity index (χ4n) is 3.75. The van der Waals surface area contributed by atoms with Crippen molar-refractivity contribution in [3.63, 3.8) is 0 Å². The first-order valence-electron chi connectivity index (χ1n) is 12.2. The lowest BCUT2D eigenvalue weighted by Crippen LogP contribution is -2.33. The minimum absolute atomic E-state index is 0.187. The SMILES string of the molecule is C/C=C/CCCCCC(C)CCN(CCC(C)CCCCC/C=C/C)CC(=O)O. The van der Waals surface area contributed by atoms with Crippen LogP contribution in [0.1, 0.15) is 105 Å². The molecule has 0 aromatic rings. The number of hydrogen-bond donors (Lipinski definition) is 1. The first-order chi connectivity index (χ1) is 14.0. The molecule has 2 atom stereocenters. The van der Waals surface area contributed by atoms with Crippen LogP contribution in [-0.2, 0) is 4.79 Å². The van der Waals surface area contributed by atoms with Gasteiger partial charge in [0.25, 0.3) is 0 Å². The summed E-state index contributed by atoms with van der Waals surface area (Å²) >= 11 is 0. The summed E-state index contributed by atoms with van der Waals surface area (Å²) < 4.78 is 0. The van der Waals surface area contributed by atoms with E-state index in [1.54, 1.807) is 0 Å². The monoisotopic (exact) mass is 407 g/mol. The predicted octanol–water partition coefficient (Wildman–Crippen LogP) is 7.48. The molecule has 3 nitrogen and oxygen atoms in total. The molecule has 0 aliphatic rings. The van der Waals surface area contributed by atoms with Crippen molar-refractivity contribution in [2.75, 3.05) is 19.6 Å². The molecular weight excluding hydrogens is 358 g/mol. The molecule has 170 valence electrons. The largest absolute Gasteiger partial charge is 0.480 e. The lowest BCUT2D eigenvalue weighted by molar-refractivity contribution is -0.138. The average Bonchev–Trinajstić information content (AvgIpc) is 2.69. The van der Waals surface area contributed by atoms with Crippen molar-refractivity contribution in [2.45, 2.75) is 105 Å². The van der Waals surface area contributed by atoms with Gasteiger partial charge in [0.05, 0.1) is 6.54 Å². The zero-order valence-corrected chi connectivity index (χ0v) is 19.9. The maximum atomic E-state index is 11.2. The van der Waals surface area contributed by atoms with E-state index in [4.69, 9.17) is 0 Å². The number of allylic oxidation sites excluding steroid dienone is 4. The number of aliphatic carboxylic acids is 1. The number of unbranched alkanes of at least 4 members (excludes halogenated alkanes) is 6. The molecule has 0 bridgehead atoms. The van der Waals surface area contributed by atoms with Gasteiger partial charge in [0, 0.05) is 0 Å². The average molecular weight is 408 g/mol. The van der Waals surface area contributed by atoms with Crippen molar-refractivity contribution in [3.8, 4) is 0 Å². The number of hydrogen-bond acceptors (Lipinski definition) is 2. The van der Waals surface area contributed by atoms with Gasteiger partial charge >= 0.3 is 5.97 Å². The summed E-state index contributed by atoms with van der Waals surface area (Å²) in [6, 6.07) is 0. The summed E-state index contributed by atoms with van der Waals surface area (Å²) in [5.41, 5.74) is 0. The smallest absolute Gasteiger partial charge is 0.317 e. The second-order valence-electron chi connectivity index (χ2n) is 8.87. The van der Waals surface area contributed by atoms with Crippen LogP contribution < -0.4 is 0 Å². The number of rotatable bonds is 20. The number of nitrogens with zero attached hydrogens (tertiary/aromatic N) is 1. The zero-order valence-electron chi connectivity index (χ0n) is 19.9. The molecule has 0 amide bonds. The standard InChI is InChI=1S/C26H49NO2/c1-5-7-9-11-13-15-17-24(3)19-21-27(23-26(28)29)22-20-25(4)18-16-14-12-10-8-6-2/h5-8,24-25H,9-23H2,1-4H3,(H,28,29)/b7-5+,8-6+. The van der Waals surface area contributed by atoms with Gasteiger partial charge in [0.15, 0.2) is 0 Å². The van der Waals surface area contributed by atoms with Gasteiger partial charge < -0.3 is 5.11 Å². The van der Waals surface area contributed by atoms with E-state index in [0.717, 1.165) is 25.9 Å². The molecule has 0 aliphatic carbocycles. The Kier molecular flexibility index (Phi) is 19.4. The highest BCUT2D eigenvalue weighted by molar-refractivity contribution is 5.69. The van der Waals surface area contributed by atoms with Gasteiger partial charge in [-0.05, 0) is 77.3 Å². The molecule has 0 saturated heterocycles. The van der Waals surface area contributed by atoms with Crippen LogP contribution >= 0.6 is 0 Å². The molecule has 0 aliphatic heterocycles. The third-order valence-electron chi connectivity index (χ3n) is 5.84. The Balaban J connectivity index is 3.98. The predicted molar refractivity (Wildman–Crippen MR) is 127 cm³/mol. The Morgan fingerprint density at radius 1 is 0.759 bits per heavy atom. The molecule has 0 aromatic heterocycles. The van der Waals surface area contributed by atoms with Crippen LogP contribution in [0.4, 0.5) is 0 Å². The van der Waals surface area contributed by atoms with Crippen LogP contribution in [0.5, 0.6) is 0 Å². The molecule has 0 aromatic carbocycles. The van der Waals surface area contributed by atoms with Gasteiger partial charge in [-0.25, -0.2) is 0 Å². The van der Waals surface area contributed by atoms with Crippen molar-refractivity contribution >= 4 is 5.97 Å². The summed E-state index contributed by atoms with van der Waals surface area (Å²) in [5.74, 6) is 0.670. The van der Waals surface area contributed by atoms with Crippen molar-refractivity contribution in [3.05, 3.63) is 24.3 Å². The minimum Gasteiger partial charge on any atom is -0.480 e. The second kappa shape index (κ2) is 20.2. The molecule has 0 fully saturated rings. The third kappa shape index (κ3) is 20.0. The van der Waals surface area contributed by atoms with Gasteiger partial charge in [0.1, 0.15) is 0 Å². The maximum Gasteiger partial charge on any atom is 0.317 e. The summed E-state index contributed by atoms with van der Waals surface area (Å²) in [7, 11) is 0. The fraction of sp³-hybridized carbons (Fsp3) is 0.808. The van der Waals surface area contributed by atoms with E-state index in [1.165, 1.54) is 64.2 Å². The van der Waals surface area contributed by atoms with Crippen molar-refractivity contribution in [2.24, 2.45) is 11.8 Å². The van der Waals surface area contributed by atoms with E-state index in [0.29, 0.717) is 11.8 Å². The molecule has 0 spiro atoms. The Bertz CT molecular complexity index is 398. The highest BCUT2D eigenvalue weighted by atomic mass is 16.4. The lowest BCUT2D eigenvalue weighted by atomic mass is 9.97. The van der Waals surface area contributed by atoms with E-state index in [-0.39, 0.29) is 6.54 Å². The zero-order chi connectivity index (χ0) is 21.7. The number of carboxylic acid groups (broad SMARTS) is 1.